The number of hydrogen-bond acceptors (Lipinski definition) is 7. The summed E-state index contributed by atoms with van der Waals surface area (Å²) in [6.45, 7) is 3.02. The zero-order valence-corrected chi connectivity index (χ0v) is 23.5. The van der Waals surface area contributed by atoms with Gasteiger partial charge in [-0.3, -0.25) is 9.78 Å². The van der Waals surface area contributed by atoms with Crippen molar-refractivity contribution in [2.75, 3.05) is 38.7 Å². The first kappa shape index (κ1) is 26.3. The summed E-state index contributed by atoms with van der Waals surface area (Å²) in [6, 6.07) is 17.8. The Balaban J connectivity index is 1.18. The topological polar surface area (TPSA) is 101 Å². The van der Waals surface area contributed by atoms with Crippen molar-refractivity contribution in [3.8, 4) is 34.3 Å². The van der Waals surface area contributed by atoms with Crippen LogP contribution in [0.2, 0.25) is 0 Å². The van der Waals surface area contributed by atoms with Crippen LogP contribution in [0, 0.1) is 23.2 Å². The predicted molar refractivity (Wildman–Crippen MR) is 160 cm³/mol. The molecule has 2 aromatic heterocycles. The van der Waals surface area contributed by atoms with Crippen molar-refractivity contribution in [1.29, 1.82) is 5.26 Å². The minimum absolute atomic E-state index is 0.0271. The normalized spacial score (nSPS) is 20.0. The van der Waals surface area contributed by atoms with Crippen molar-refractivity contribution < 1.29 is 18.7 Å². The van der Waals surface area contributed by atoms with Gasteiger partial charge in [0, 0.05) is 55.7 Å². The van der Waals surface area contributed by atoms with Crippen LogP contribution in [0.3, 0.4) is 0 Å². The average Bonchev–Trinajstić information content (AvgIpc) is 3.76. The number of allylic oxidation sites excluding steroid dienone is 1. The number of fused-ring (bicyclic) bond motifs is 2. The van der Waals surface area contributed by atoms with Crippen molar-refractivity contribution in [3.05, 3.63) is 78.0 Å². The Morgan fingerprint density at radius 2 is 1.98 bits per heavy atom. The largest absolute Gasteiger partial charge is 0.496 e. The molecule has 8 heteroatoms. The Labute approximate surface area is 244 Å². The fourth-order valence-corrected chi connectivity index (χ4v) is 6.46. The first-order chi connectivity index (χ1) is 20.6. The summed E-state index contributed by atoms with van der Waals surface area (Å²) in [7, 11) is 1.60. The molecule has 2 aliphatic heterocycles. The van der Waals surface area contributed by atoms with Crippen LogP contribution in [0.4, 0.5) is 5.69 Å². The van der Waals surface area contributed by atoms with Crippen LogP contribution < -0.4 is 10.1 Å². The number of ether oxygens (including phenoxy) is 2. The second-order valence-electron chi connectivity index (χ2n) is 11.3. The van der Waals surface area contributed by atoms with E-state index >= 15 is 0 Å². The highest BCUT2D eigenvalue weighted by Crippen LogP contribution is 2.39. The molecule has 212 valence electrons. The fraction of sp³-hybridized carbons (Fsp3) is 0.324. The van der Waals surface area contributed by atoms with E-state index in [2.05, 4.69) is 28.5 Å². The molecule has 2 aromatic carbocycles. The summed E-state index contributed by atoms with van der Waals surface area (Å²) in [4.78, 5) is 19.8. The first-order valence-electron chi connectivity index (χ1n) is 14.5. The molecule has 2 unspecified atom stereocenters. The molecule has 4 aromatic rings. The van der Waals surface area contributed by atoms with E-state index in [-0.39, 0.29) is 5.91 Å². The standard InChI is InChI=1S/C34H32N4O4/c1-40-31-16-22(34(39)38-19-23-3-2-4-24(23)20-38)5-7-28(31)32-17-30-33(42-32)27(9-12-36-30)21-6-8-29(25(15-21)18-35)37-26-10-13-41-14-11-26/h2-3,5-9,12,15-17,23-24,26,37H,4,10-11,13-14,19-20H2,1H3. The lowest BCUT2D eigenvalue weighted by Crippen LogP contribution is -2.29. The molecule has 0 saturated carbocycles. The number of carbonyl (C=O) groups is 1. The van der Waals surface area contributed by atoms with Gasteiger partial charge in [-0.15, -0.1) is 0 Å². The molecule has 2 atom stereocenters. The Morgan fingerprint density at radius 1 is 1.10 bits per heavy atom. The maximum atomic E-state index is 13.3. The van der Waals surface area contributed by atoms with E-state index in [9.17, 15) is 10.1 Å². The first-order valence-corrected chi connectivity index (χ1v) is 14.5. The monoisotopic (exact) mass is 560 g/mol. The summed E-state index contributed by atoms with van der Waals surface area (Å²) >= 11 is 0. The summed E-state index contributed by atoms with van der Waals surface area (Å²) in [5.74, 6) is 2.20. The van der Waals surface area contributed by atoms with Crippen molar-refractivity contribution in [2.45, 2.75) is 25.3 Å². The summed E-state index contributed by atoms with van der Waals surface area (Å²) in [6.07, 6.45) is 9.10. The Bertz CT molecular complexity index is 1730. The minimum Gasteiger partial charge on any atom is -0.496 e. The lowest BCUT2D eigenvalue weighted by Gasteiger charge is -2.24. The number of rotatable bonds is 6. The van der Waals surface area contributed by atoms with E-state index in [0.717, 1.165) is 67.9 Å². The van der Waals surface area contributed by atoms with Gasteiger partial charge < -0.3 is 24.1 Å². The number of anilines is 1. The number of aromatic nitrogens is 1. The summed E-state index contributed by atoms with van der Waals surface area (Å²) < 4.78 is 17.6. The number of furan rings is 1. The molecule has 4 heterocycles. The van der Waals surface area contributed by atoms with Gasteiger partial charge in [0.25, 0.3) is 5.91 Å². The third-order valence-electron chi connectivity index (χ3n) is 8.76. The van der Waals surface area contributed by atoms with Gasteiger partial charge in [0.2, 0.25) is 0 Å². The molecular formula is C34H32N4O4. The SMILES string of the molecule is COc1cc(C(=O)N2CC3C=CCC3C2)ccc1-c1cc2nccc(-c3ccc(NC4CCOCC4)c(C#N)c3)c2o1. The van der Waals surface area contributed by atoms with Gasteiger partial charge in [-0.2, -0.15) is 5.26 Å². The molecule has 1 amide bonds. The Hall–Kier alpha value is -4.61. The Kier molecular flexibility index (Phi) is 6.88. The van der Waals surface area contributed by atoms with Crippen molar-refractivity contribution in [1.82, 2.24) is 9.88 Å². The summed E-state index contributed by atoms with van der Waals surface area (Å²) in [5.41, 5.74) is 5.79. The van der Waals surface area contributed by atoms with Crippen LogP contribution in [-0.4, -0.2) is 55.2 Å². The van der Waals surface area contributed by atoms with Gasteiger partial charge in [0.05, 0.1) is 23.9 Å². The number of amides is 1. The zero-order chi connectivity index (χ0) is 28.6. The molecule has 0 spiro atoms. The molecule has 0 bridgehead atoms. The number of methoxy groups -OCH3 is 1. The number of hydrogen-bond donors (Lipinski definition) is 1. The van der Waals surface area contributed by atoms with E-state index in [0.29, 0.717) is 51.6 Å². The number of benzene rings is 2. The van der Waals surface area contributed by atoms with Crippen LogP contribution in [0.5, 0.6) is 5.75 Å². The van der Waals surface area contributed by atoms with Crippen LogP contribution >= 0.6 is 0 Å². The third kappa shape index (κ3) is 4.80. The van der Waals surface area contributed by atoms with E-state index in [4.69, 9.17) is 13.9 Å². The van der Waals surface area contributed by atoms with E-state index in [1.807, 2.05) is 47.4 Å². The van der Waals surface area contributed by atoms with Gasteiger partial charge in [-0.1, -0.05) is 18.2 Å². The maximum absolute atomic E-state index is 13.3. The second-order valence-corrected chi connectivity index (χ2v) is 11.3. The van der Waals surface area contributed by atoms with Crippen LogP contribution in [0.15, 0.2) is 71.3 Å². The highest BCUT2D eigenvalue weighted by Gasteiger charge is 2.36. The molecule has 0 radical (unpaired) electrons. The molecule has 3 aliphatic rings. The lowest BCUT2D eigenvalue weighted by molar-refractivity contribution is 0.0784. The molecule has 8 nitrogen and oxygen atoms in total. The number of likely N-dealkylation sites (tertiary alicyclic amines) is 1. The Morgan fingerprint density at radius 3 is 2.79 bits per heavy atom. The van der Waals surface area contributed by atoms with E-state index < -0.39 is 0 Å². The number of nitrogens with one attached hydrogen (secondary N) is 1. The van der Waals surface area contributed by atoms with E-state index in [1.165, 1.54) is 0 Å². The summed E-state index contributed by atoms with van der Waals surface area (Å²) in [5, 5.41) is 13.4. The molecule has 42 heavy (non-hydrogen) atoms. The van der Waals surface area contributed by atoms with Crippen molar-refractivity contribution in [3.63, 3.8) is 0 Å². The van der Waals surface area contributed by atoms with Crippen LogP contribution in [-0.2, 0) is 4.74 Å². The highest BCUT2D eigenvalue weighted by atomic mass is 16.5. The number of pyridine rings is 1. The van der Waals surface area contributed by atoms with Crippen molar-refractivity contribution >= 4 is 22.7 Å². The predicted octanol–water partition coefficient (Wildman–Crippen LogP) is 6.28. The number of nitriles is 1. The lowest BCUT2D eigenvalue weighted by atomic mass is 10.0. The molecule has 1 aliphatic carbocycles. The number of nitrogens with zero attached hydrogens (tertiary/aromatic N) is 3. The van der Waals surface area contributed by atoms with Crippen LogP contribution in [0.1, 0.15) is 35.2 Å². The van der Waals surface area contributed by atoms with Crippen molar-refractivity contribution in [2.24, 2.45) is 11.8 Å². The van der Waals surface area contributed by atoms with Crippen LogP contribution in [0.25, 0.3) is 33.6 Å². The minimum atomic E-state index is 0.0271. The maximum Gasteiger partial charge on any atom is 0.254 e. The molecule has 2 saturated heterocycles. The quantitative estimate of drug-likeness (QED) is 0.277. The zero-order valence-electron chi connectivity index (χ0n) is 23.5. The van der Waals surface area contributed by atoms with Gasteiger partial charge in [-0.05, 0) is 73.1 Å². The fourth-order valence-electron chi connectivity index (χ4n) is 6.46. The van der Waals surface area contributed by atoms with E-state index in [1.54, 1.807) is 19.4 Å². The average molecular weight is 561 g/mol. The highest BCUT2D eigenvalue weighted by molar-refractivity contribution is 5.97. The van der Waals surface area contributed by atoms with Gasteiger partial charge in [0.15, 0.2) is 5.58 Å². The molecule has 2 fully saturated rings. The molecule has 1 N–H and O–H groups in total. The number of carbonyl (C=O) groups excluding carboxylic acids is 1. The van der Waals surface area contributed by atoms with Gasteiger partial charge >= 0.3 is 0 Å². The third-order valence-corrected chi connectivity index (χ3v) is 8.76. The molecular weight excluding hydrogens is 528 g/mol. The van der Waals surface area contributed by atoms with Gasteiger partial charge in [0.1, 0.15) is 23.1 Å². The molecule has 7 rings (SSSR count). The van der Waals surface area contributed by atoms with Gasteiger partial charge in [-0.25, -0.2) is 0 Å². The second kappa shape index (κ2) is 11.0. The smallest absolute Gasteiger partial charge is 0.254 e.